The number of sulfonamides is 1. The molecule has 1 aliphatic heterocycles. The number of nitrogens with zero attached hydrogens (tertiary/aromatic N) is 4. The second-order valence-corrected chi connectivity index (χ2v) is 7.97. The Kier molecular flexibility index (Phi) is 4.21. The van der Waals surface area contributed by atoms with Crippen LogP contribution in [0.2, 0.25) is 0 Å². The van der Waals surface area contributed by atoms with E-state index in [1.807, 2.05) is 30.3 Å². The van der Waals surface area contributed by atoms with Crippen LogP contribution >= 0.6 is 0 Å². The summed E-state index contributed by atoms with van der Waals surface area (Å²) in [5.74, 6) is 0.543. The Morgan fingerprint density at radius 1 is 1.07 bits per heavy atom. The zero-order valence-corrected chi connectivity index (χ0v) is 14.7. The summed E-state index contributed by atoms with van der Waals surface area (Å²) in [6.07, 6.45) is 0. The van der Waals surface area contributed by atoms with E-state index >= 15 is 0 Å². The second kappa shape index (κ2) is 6.56. The van der Waals surface area contributed by atoms with Crippen LogP contribution in [-0.4, -0.2) is 40.9 Å². The van der Waals surface area contributed by atoms with E-state index in [2.05, 4.69) is 10.1 Å². The van der Waals surface area contributed by atoms with Crippen LogP contribution < -0.4 is 0 Å². The van der Waals surface area contributed by atoms with Gasteiger partial charge in [0, 0.05) is 24.7 Å². The van der Waals surface area contributed by atoms with Crippen molar-refractivity contribution < 1.29 is 17.9 Å². The van der Waals surface area contributed by atoms with Crippen molar-refractivity contribution in [3.63, 3.8) is 0 Å². The highest BCUT2D eigenvalue weighted by Crippen LogP contribution is 2.34. The molecule has 0 spiro atoms. The van der Waals surface area contributed by atoms with E-state index in [4.69, 9.17) is 4.52 Å². The first kappa shape index (κ1) is 17.3. The molecular weight excluding hydrogens is 372 g/mol. The van der Waals surface area contributed by atoms with Crippen molar-refractivity contribution in [1.82, 2.24) is 14.4 Å². The summed E-state index contributed by atoms with van der Waals surface area (Å²) in [4.78, 5) is 14.4. The maximum Gasteiger partial charge on any atom is 0.289 e. The normalized spacial score (nSPS) is 15.4. The van der Waals surface area contributed by atoms with Crippen LogP contribution in [0.3, 0.4) is 0 Å². The van der Waals surface area contributed by atoms with Gasteiger partial charge in [0.2, 0.25) is 21.7 Å². The highest BCUT2D eigenvalue weighted by molar-refractivity contribution is 7.89. The smallest absolute Gasteiger partial charge is 0.289 e. The first-order valence-corrected chi connectivity index (χ1v) is 9.53. The average Bonchev–Trinajstić information content (AvgIpc) is 3.10. The SMILES string of the molecule is O=[N+]([O-])c1ccccc1S(=O)(=O)N1CC(c2nc(-c3ccccc3)no2)C1. The highest BCUT2D eigenvalue weighted by atomic mass is 32.2. The quantitative estimate of drug-likeness (QED) is 0.488. The Morgan fingerprint density at radius 3 is 2.44 bits per heavy atom. The molecule has 138 valence electrons. The molecule has 0 N–H and O–H groups in total. The van der Waals surface area contributed by atoms with Crippen LogP contribution in [0, 0.1) is 10.1 Å². The van der Waals surface area contributed by atoms with Crippen LogP contribution in [0.4, 0.5) is 5.69 Å². The topological polar surface area (TPSA) is 119 Å². The van der Waals surface area contributed by atoms with Gasteiger partial charge in [0.15, 0.2) is 4.90 Å². The summed E-state index contributed by atoms with van der Waals surface area (Å²) in [7, 11) is -3.96. The highest BCUT2D eigenvalue weighted by Gasteiger charge is 2.42. The predicted octanol–water partition coefficient (Wildman–Crippen LogP) is 2.43. The predicted molar refractivity (Wildman–Crippen MR) is 94.3 cm³/mol. The van der Waals surface area contributed by atoms with Gasteiger partial charge in [-0.2, -0.15) is 9.29 Å². The lowest BCUT2D eigenvalue weighted by Gasteiger charge is -2.35. The molecule has 1 aliphatic rings. The van der Waals surface area contributed by atoms with E-state index in [-0.39, 0.29) is 23.9 Å². The Labute approximate surface area is 154 Å². The van der Waals surface area contributed by atoms with Crippen molar-refractivity contribution in [2.75, 3.05) is 13.1 Å². The lowest BCUT2D eigenvalue weighted by molar-refractivity contribution is -0.387. The van der Waals surface area contributed by atoms with Crippen LogP contribution in [-0.2, 0) is 10.0 Å². The summed E-state index contributed by atoms with van der Waals surface area (Å²) in [5, 5.41) is 15.0. The molecule has 0 bridgehead atoms. The van der Waals surface area contributed by atoms with E-state index in [0.29, 0.717) is 11.7 Å². The van der Waals surface area contributed by atoms with E-state index in [1.54, 1.807) is 0 Å². The number of para-hydroxylation sites is 1. The third-order valence-electron chi connectivity index (χ3n) is 4.35. The van der Waals surface area contributed by atoms with Crippen molar-refractivity contribution >= 4 is 15.7 Å². The zero-order valence-electron chi connectivity index (χ0n) is 13.9. The Balaban J connectivity index is 1.51. The third-order valence-corrected chi connectivity index (χ3v) is 6.23. The number of nitro benzene ring substituents is 1. The molecule has 2 heterocycles. The van der Waals surface area contributed by atoms with Gasteiger partial charge in [0.1, 0.15) is 0 Å². The van der Waals surface area contributed by atoms with Crippen LogP contribution in [0.25, 0.3) is 11.4 Å². The maximum atomic E-state index is 12.7. The number of benzene rings is 2. The van der Waals surface area contributed by atoms with Gasteiger partial charge in [-0.1, -0.05) is 47.6 Å². The molecule has 0 saturated carbocycles. The van der Waals surface area contributed by atoms with Gasteiger partial charge in [-0.25, -0.2) is 8.42 Å². The summed E-state index contributed by atoms with van der Waals surface area (Å²) in [6, 6.07) is 14.6. The molecule has 0 aliphatic carbocycles. The van der Waals surface area contributed by atoms with Crippen molar-refractivity contribution in [2.24, 2.45) is 0 Å². The van der Waals surface area contributed by atoms with Crippen molar-refractivity contribution in [2.45, 2.75) is 10.8 Å². The van der Waals surface area contributed by atoms with Gasteiger partial charge in [-0.15, -0.1) is 0 Å². The first-order chi connectivity index (χ1) is 13.0. The Morgan fingerprint density at radius 2 is 1.74 bits per heavy atom. The van der Waals surface area contributed by atoms with Crippen molar-refractivity contribution in [3.8, 4) is 11.4 Å². The van der Waals surface area contributed by atoms with Gasteiger partial charge in [-0.05, 0) is 6.07 Å². The van der Waals surface area contributed by atoms with Gasteiger partial charge in [-0.3, -0.25) is 10.1 Å². The van der Waals surface area contributed by atoms with Crippen molar-refractivity contribution in [3.05, 3.63) is 70.6 Å². The molecule has 1 saturated heterocycles. The number of hydrogen-bond acceptors (Lipinski definition) is 7. The molecule has 0 atom stereocenters. The number of aromatic nitrogens is 2. The van der Waals surface area contributed by atoms with E-state index in [0.717, 1.165) is 5.56 Å². The van der Waals surface area contributed by atoms with E-state index in [9.17, 15) is 18.5 Å². The molecule has 0 amide bonds. The fourth-order valence-electron chi connectivity index (χ4n) is 2.86. The largest absolute Gasteiger partial charge is 0.339 e. The molecule has 4 rings (SSSR count). The number of hydrogen-bond donors (Lipinski definition) is 0. The molecule has 27 heavy (non-hydrogen) atoms. The molecule has 0 radical (unpaired) electrons. The van der Waals surface area contributed by atoms with Gasteiger partial charge >= 0.3 is 0 Å². The second-order valence-electron chi connectivity index (χ2n) is 6.07. The van der Waals surface area contributed by atoms with Gasteiger partial charge in [0.25, 0.3) is 5.69 Å². The summed E-state index contributed by atoms with van der Waals surface area (Å²) in [5.41, 5.74) is 0.362. The minimum Gasteiger partial charge on any atom is -0.339 e. The van der Waals surface area contributed by atoms with Gasteiger partial charge in [0.05, 0.1) is 10.8 Å². The van der Waals surface area contributed by atoms with Crippen LogP contribution in [0.15, 0.2) is 64.0 Å². The molecule has 9 nitrogen and oxygen atoms in total. The van der Waals surface area contributed by atoms with Gasteiger partial charge < -0.3 is 4.52 Å². The lowest BCUT2D eigenvalue weighted by Crippen LogP contribution is -2.48. The summed E-state index contributed by atoms with van der Waals surface area (Å²) in [6.45, 7) is 0.260. The monoisotopic (exact) mass is 386 g/mol. The summed E-state index contributed by atoms with van der Waals surface area (Å²) < 4.78 is 31.8. The van der Waals surface area contributed by atoms with Crippen molar-refractivity contribution in [1.29, 1.82) is 0 Å². The van der Waals surface area contributed by atoms with E-state index in [1.165, 1.54) is 28.6 Å². The zero-order chi connectivity index (χ0) is 19.0. The fourth-order valence-corrected chi connectivity index (χ4v) is 4.55. The van der Waals surface area contributed by atoms with E-state index < -0.39 is 20.6 Å². The third kappa shape index (κ3) is 3.09. The minimum absolute atomic E-state index is 0.130. The molecule has 1 fully saturated rings. The molecule has 2 aromatic carbocycles. The maximum absolute atomic E-state index is 12.7. The summed E-state index contributed by atoms with van der Waals surface area (Å²) >= 11 is 0. The molecule has 0 unspecified atom stereocenters. The molecule has 3 aromatic rings. The number of nitro groups is 1. The molecular formula is C17H14N4O5S. The Hall–Kier alpha value is -3.11. The fraction of sp³-hybridized carbons (Fsp3) is 0.176. The van der Waals surface area contributed by atoms with Crippen LogP contribution in [0.1, 0.15) is 11.8 Å². The molecule has 10 heteroatoms. The average molecular weight is 386 g/mol. The standard InChI is InChI=1S/C17H14N4O5S/c22-21(23)14-8-4-5-9-15(14)27(24,25)20-10-13(11-20)17-18-16(19-26-17)12-6-2-1-3-7-12/h1-9,13H,10-11H2. The minimum atomic E-state index is -3.96. The lowest BCUT2D eigenvalue weighted by atomic mass is 10.0. The molecule has 1 aromatic heterocycles. The first-order valence-electron chi connectivity index (χ1n) is 8.09. The number of rotatable bonds is 5. The van der Waals surface area contributed by atoms with Crippen LogP contribution in [0.5, 0.6) is 0 Å². The Bertz CT molecular complexity index is 1090.